The Morgan fingerprint density at radius 1 is 1.26 bits per heavy atom. The van der Waals surface area contributed by atoms with E-state index in [-0.39, 0.29) is 11.0 Å². The summed E-state index contributed by atoms with van der Waals surface area (Å²) in [5.41, 5.74) is 6.63. The van der Waals surface area contributed by atoms with Crippen molar-refractivity contribution in [2.45, 2.75) is 6.61 Å². The first-order valence-electron chi connectivity index (χ1n) is 6.34. The van der Waals surface area contributed by atoms with Crippen LogP contribution in [-0.4, -0.2) is 11.0 Å². The fourth-order valence-electron chi connectivity index (χ4n) is 1.80. The third kappa shape index (κ3) is 5.17. The van der Waals surface area contributed by atoms with Crippen LogP contribution < -0.4 is 15.8 Å². The highest BCUT2D eigenvalue weighted by molar-refractivity contribution is 9.11. The molecule has 3 N–H and O–H groups in total. The summed E-state index contributed by atoms with van der Waals surface area (Å²) >= 11 is 17.4. The van der Waals surface area contributed by atoms with Gasteiger partial charge in [0.05, 0.1) is 8.95 Å². The van der Waals surface area contributed by atoms with Crippen molar-refractivity contribution in [2.24, 2.45) is 5.73 Å². The lowest BCUT2D eigenvalue weighted by atomic mass is 10.2. The minimum atomic E-state index is -0.389. The van der Waals surface area contributed by atoms with Crippen LogP contribution in [-0.2, 0) is 6.61 Å². The molecule has 2 rings (SSSR count). The van der Waals surface area contributed by atoms with Gasteiger partial charge in [0.25, 0.3) is 5.91 Å². The van der Waals surface area contributed by atoms with E-state index < -0.39 is 0 Å². The number of hydrogen-bond acceptors (Lipinski definition) is 3. The zero-order valence-corrected chi connectivity index (χ0v) is 16.4. The molecule has 0 radical (unpaired) electrons. The van der Waals surface area contributed by atoms with Gasteiger partial charge in [-0.05, 0) is 73.9 Å². The minimum Gasteiger partial charge on any atom is -0.487 e. The zero-order chi connectivity index (χ0) is 17.0. The number of carbonyl (C=O) groups excluding carboxylic acids is 1. The van der Waals surface area contributed by atoms with Gasteiger partial charge in [-0.15, -0.1) is 0 Å². The Balaban J connectivity index is 2.17. The summed E-state index contributed by atoms with van der Waals surface area (Å²) in [5, 5.41) is 2.94. The van der Waals surface area contributed by atoms with Gasteiger partial charge in [0.1, 0.15) is 12.4 Å². The fourth-order valence-corrected chi connectivity index (χ4v) is 3.52. The van der Waals surface area contributed by atoms with Crippen molar-refractivity contribution in [2.75, 3.05) is 0 Å². The molecule has 0 heterocycles. The largest absolute Gasteiger partial charge is 0.487 e. The van der Waals surface area contributed by atoms with Gasteiger partial charge in [0, 0.05) is 10.6 Å². The molecule has 0 bridgehead atoms. The van der Waals surface area contributed by atoms with Crippen molar-refractivity contribution < 1.29 is 9.53 Å². The Bertz CT molecular complexity index is 748. The molecule has 0 aromatic heterocycles. The number of amides is 1. The van der Waals surface area contributed by atoms with Crippen molar-refractivity contribution in [3.8, 4) is 5.75 Å². The number of benzene rings is 2. The lowest BCUT2D eigenvalue weighted by molar-refractivity contribution is 0.0977. The molecular formula is C15H11Br2ClN2O2S. The van der Waals surface area contributed by atoms with Gasteiger partial charge in [-0.3, -0.25) is 10.1 Å². The van der Waals surface area contributed by atoms with Crippen LogP contribution in [0.4, 0.5) is 0 Å². The number of hydrogen-bond donors (Lipinski definition) is 2. The highest BCUT2D eigenvalue weighted by atomic mass is 79.9. The number of rotatable bonds is 4. The highest BCUT2D eigenvalue weighted by Gasteiger charge is 2.14. The quantitative estimate of drug-likeness (QED) is 0.639. The molecule has 0 aliphatic rings. The number of nitrogens with two attached hydrogens (primary N) is 1. The van der Waals surface area contributed by atoms with E-state index in [0.717, 1.165) is 5.56 Å². The lowest BCUT2D eigenvalue weighted by Crippen LogP contribution is -2.34. The lowest BCUT2D eigenvalue weighted by Gasteiger charge is -2.12. The normalized spacial score (nSPS) is 10.2. The molecule has 0 spiro atoms. The van der Waals surface area contributed by atoms with E-state index in [1.54, 1.807) is 18.2 Å². The van der Waals surface area contributed by atoms with Gasteiger partial charge in [-0.25, -0.2) is 0 Å². The molecule has 120 valence electrons. The second-order valence-electron chi connectivity index (χ2n) is 4.51. The van der Waals surface area contributed by atoms with Crippen LogP contribution in [0.25, 0.3) is 0 Å². The number of nitrogens with one attached hydrogen (secondary N) is 1. The Morgan fingerprint density at radius 3 is 2.48 bits per heavy atom. The van der Waals surface area contributed by atoms with E-state index in [9.17, 15) is 4.79 Å². The Labute approximate surface area is 160 Å². The van der Waals surface area contributed by atoms with Gasteiger partial charge >= 0.3 is 0 Å². The first-order chi connectivity index (χ1) is 10.9. The number of carbonyl (C=O) groups is 1. The van der Waals surface area contributed by atoms with Crippen LogP contribution in [0.5, 0.6) is 5.75 Å². The van der Waals surface area contributed by atoms with E-state index in [1.807, 2.05) is 18.2 Å². The van der Waals surface area contributed by atoms with E-state index >= 15 is 0 Å². The average molecular weight is 479 g/mol. The van der Waals surface area contributed by atoms with Crippen LogP contribution in [0.2, 0.25) is 5.02 Å². The maximum absolute atomic E-state index is 11.9. The molecule has 0 atom stereocenters. The van der Waals surface area contributed by atoms with E-state index in [1.165, 1.54) is 0 Å². The molecule has 2 aromatic rings. The molecular weight excluding hydrogens is 468 g/mol. The Morgan fingerprint density at radius 2 is 1.91 bits per heavy atom. The van der Waals surface area contributed by atoms with E-state index in [4.69, 9.17) is 22.1 Å². The van der Waals surface area contributed by atoms with E-state index in [0.29, 0.717) is 31.9 Å². The first kappa shape index (κ1) is 18.2. The number of thiocarbonyl (C=S) groups is 1. The van der Waals surface area contributed by atoms with Crippen molar-refractivity contribution in [1.82, 2.24) is 5.32 Å². The number of halogens is 3. The predicted molar refractivity (Wildman–Crippen MR) is 102 cm³/mol. The fraction of sp³-hybridized carbons (Fsp3) is 0.0667. The average Bonchev–Trinajstić information content (AvgIpc) is 2.45. The van der Waals surface area contributed by atoms with Crippen molar-refractivity contribution in [3.63, 3.8) is 0 Å². The highest BCUT2D eigenvalue weighted by Crippen LogP contribution is 2.35. The van der Waals surface area contributed by atoms with Gasteiger partial charge in [0.2, 0.25) is 0 Å². The second kappa shape index (κ2) is 8.10. The Hall–Kier alpha value is -1.15. The molecule has 4 nitrogen and oxygen atoms in total. The van der Waals surface area contributed by atoms with Gasteiger partial charge in [-0.1, -0.05) is 23.7 Å². The maximum Gasteiger partial charge on any atom is 0.257 e. The summed E-state index contributed by atoms with van der Waals surface area (Å²) < 4.78 is 7.04. The number of ether oxygens (including phenoxy) is 1. The molecule has 0 fully saturated rings. The molecule has 0 aliphatic heterocycles. The molecule has 8 heteroatoms. The summed E-state index contributed by atoms with van der Waals surface area (Å²) in [4.78, 5) is 11.9. The monoisotopic (exact) mass is 476 g/mol. The summed E-state index contributed by atoms with van der Waals surface area (Å²) in [6.45, 7) is 0.343. The van der Waals surface area contributed by atoms with Gasteiger partial charge in [-0.2, -0.15) is 0 Å². The van der Waals surface area contributed by atoms with Gasteiger partial charge in [0.15, 0.2) is 5.11 Å². The van der Waals surface area contributed by atoms with Crippen molar-refractivity contribution in [3.05, 3.63) is 61.5 Å². The third-order valence-corrected chi connectivity index (χ3v) is 4.28. The third-order valence-electron chi connectivity index (χ3n) is 2.77. The zero-order valence-electron chi connectivity index (χ0n) is 11.6. The van der Waals surface area contributed by atoms with Crippen molar-refractivity contribution >= 4 is 66.7 Å². The second-order valence-corrected chi connectivity index (χ2v) is 7.09. The molecule has 2 aromatic carbocycles. The van der Waals surface area contributed by atoms with Crippen LogP contribution in [0.1, 0.15) is 15.9 Å². The molecule has 0 saturated carbocycles. The summed E-state index contributed by atoms with van der Waals surface area (Å²) in [7, 11) is 0. The summed E-state index contributed by atoms with van der Waals surface area (Å²) in [5.74, 6) is 0.192. The SMILES string of the molecule is NC(=S)NC(=O)c1cc(Br)c(OCc2cccc(Cl)c2)c(Br)c1. The summed E-state index contributed by atoms with van der Waals surface area (Å²) in [6.07, 6.45) is 0. The standard InChI is InChI=1S/C15H11Br2ClN2O2S/c16-11-5-9(14(21)20-15(19)23)6-12(17)13(11)22-7-8-2-1-3-10(18)4-8/h1-6H,7H2,(H3,19,20,21,23). The van der Waals surface area contributed by atoms with E-state index in [2.05, 4.69) is 49.4 Å². The predicted octanol–water partition coefficient (Wildman–Crippen LogP) is 4.42. The Kier molecular flexibility index (Phi) is 6.41. The van der Waals surface area contributed by atoms with Crippen LogP contribution in [0, 0.1) is 0 Å². The summed E-state index contributed by atoms with van der Waals surface area (Å²) in [6, 6.07) is 10.7. The molecule has 0 aliphatic carbocycles. The van der Waals surface area contributed by atoms with Crippen LogP contribution in [0.3, 0.4) is 0 Å². The van der Waals surface area contributed by atoms with Crippen LogP contribution in [0.15, 0.2) is 45.3 Å². The van der Waals surface area contributed by atoms with Crippen molar-refractivity contribution in [1.29, 1.82) is 0 Å². The molecule has 0 saturated heterocycles. The molecule has 23 heavy (non-hydrogen) atoms. The smallest absolute Gasteiger partial charge is 0.257 e. The van der Waals surface area contributed by atoms with Gasteiger partial charge < -0.3 is 10.5 Å². The maximum atomic E-state index is 11.9. The topological polar surface area (TPSA) is 64.3 Å². The molecule has 0 unspecified atom stereocenters. The first-order valence-corrected chi connectivity index (χ1v) is 8.71. The molecule has 1 amide bonds. The van der Waals surface area contributed by atoms with Crippen LogP contribution >= 0.6 is 55.7 Å². The minimum absolute atomic E-state index is 0.0801.